The van der Waals surface area contributed by atoms with E-state index in [1.165, 1.54) is 0 Å². The minimum atomic E-state index is 0.650. The topological polar surface area (TPSA) is 30.5 Å². The average Bonchev–Trinajstić information content (AvgIpc) is 2.30. The van der Waals surface area contributed by atoms with E-state index in [1.54, 1.807) is 0 Å². The van der Waals surface area contributed by atoms with E-state index in [4.69, 9.17) is 9.47 Å². The predicted molar refractivity (Wildman–Crippen MR) is 67.5 cm³/mol. The molecule has 1 aromatic carbocycles. The van der Waals surface area contributed by atoms with Gasteiger partial charge in [-0.3, -0.25) is 0 Å². The lowest BCUT2D eigenvalue weighted by Crippen LogP contribution is -2.03. The molecule has 0 saturated heterocycles. The number of hydrogen-bond acceptors (Lipinski definition) is 3. The van der Waals surface area contributed by atoms with Crippen LogP contribution in [0.2, 0.25) is 0 Å². The van der Waals surface area contributed by atoms with Gasteiger partial charge >= 0.3 is 0 Å². The van der Waals surface area contributed by atoms with Gasteiger partial charge in [0.05, 0.1) is 18.9 Å². The van der Waals surface area contributed by atoms with E-state index in [-0.39, 0.29) is 0 Å². The summed E-state index contributed by atoms with van der Waals surface area (Å²) in [7, 11) is 0. The lowest BCUT2D eigenvalue weighted by molar-refractivity contribution is 0.332. The van der Waals surface area contributed by atoms with Crippen molar-refractivity contribution in [1.82, 2.24) is 0 Å². The van der Waals surface area contributed by atoms with Gasteiger partial charge in [-0.1, -0.05) is 6.08 Å². The average molecular weight is 221 g/mol. The largest absolute Gasteiger partial charge is 0.494 e. The molecule has 0 aliphatic rings. The van der Waals surface area contributed by atoms with Crippen LogP contribution in [0.3, 0.4) is 0 Å². The second kappa shape index (κ2) is 6.77. The van der Waals surface area contributed by atoms with E-state index in [2.05, 4.69) is 11.9 Å². The molecule has 0 radical (unpaired) electrons. The SMILES string of the molecule is C=CCNc1cc(OCC)ccc1OCC. The van der Waals surface area contributed by atoms with E-state index >= 15 is 0 Å². The van der Waals surface area contributed by atoms with Crippen LogP contribution in [0.1, 0.15) is 13.8 Å². The molecule has 1 rings (SSSR count). The summed E-state index contributed by atoms with van der Waals surface area (Å²) in [5.74, 6) is 1.69. The summed E-state index contributed by atoms with van der Waals surface area (Å²) >= 11 is 0. The first-order valence-corrected chi connectivity index (χ1v) is 5.56. The van der Waals surface area contributed by atoms with Gasteiger partial charge < -0.3 is 14.8 Å². The van der Waals surface area contributed by atoms with Gasteiger partial charge in [0.2, 0.25) is 0 Å². The summed E-state index contributed by atoms with van der Waals surface area (Å²) in [4.78, 5) is 0. The molecule has 16 heavy (non-hydrogen) atoms. The first kappa shape index (κ1) is 12.4. The van der Waals surface area contributed by atoms with E-state index < -0.39 is 0 Å². The highest BCUT2D eigenvalue weighted by molar-refractivity contribution is 5.60. The van der Waals surface area contributed by atoms with E-state index in [9.17, 15) is 0 Å². The fraction of sp³-hybridized carbons (Fsp3) is 0.385. The molecule has 0 atom stereocenters. The van der Waals surface area contributed by atoms with Crippen LogP contribution in [0, 0.1) is 0 Å². The molecular weight excluding hydrogens is 202 g/mol. The molecule has 0 aliphatic carbocycles. The molecule has 1 aromatic rings. The number of rotatable bonds is 7. The Kier molecular flexibility index (Phi) is 5.26. The minimum Gasteiger partial charge on any atom is -0.494 e. The Morgan fingerprint density at radius 3 is 2.62 bits per heavy atom. The Bertz CT molecular complexity index is 337. The molecule has 0 heterocycles. The third kappa shape index (κ3) is 3.50. The third-order valence-corrected chi connectivity index (χ3v) is 2.00. The summed E-state index contributed by atoms with van der Waals surface area (Å²) in [6.45, 7) is 9.62. The van der Waals surface area contributed by atoms with Crippen molar-refractivity contribution in [3.8, 4) is 11.5 Å². The van der Waals surface area contributed by atoms with Crippen LogP contribution in [0.5, 0.6) is 11.5 Å². The number of benzene rings is 1. The van der Waals surface area contributed by atoms with Crippen molar-refractivity contribution >= 4 is 5.69 Å². The molecule has 0 amide bonds. The standard InChI is InChI=1S/C13H19NO2/c1-4-9-14-12-10-11(15-5-2)7-8-13(12)16-6-3/h4,7-8,10,14H,1,5-6,9H2,2-3H3. The zero-order chi connectivity index (χ0) is 11.8. The van der Waals surface area contributed by atoms with Crippen molar-refractivity contribution in [3.63, 3.8) is 0 Å². The molecule has 0 saturated carbocycles. The van der Waals surface area contributed by atoms with Gasteiger partial charge in [0.15, 0.2) is 0 Å². The zero-order valence-corrected chi connectivity index (χ0v) is 9.95. The summed E-state index contributed by atoms with van der Waals surface area (Å²) < 4.78 is 11.0. The first-order chi connectivity index (χ1) is 7.81. The van der Waals surface area contributed by atoms with Gasteiger partial charge in [0.25, 0.3) is 0 Å². The molecular formula is C13H19NO2. The lowest BCUT2D eigenvalue weighted by atomic mass is 10.2. The summed E-state index contributed by atoms with van der Waals surface area (Å²) in [6.07, 6.45) is 1.81. The summed E-state index contributed by atoms with van der Waals surface area (Å²) in [5.41, 5.74) is 0.938. The molecule has 0 spiro atoms. The van der Waals surface area contributed by atoms with Crippen molar-refractivity contribution in [2.45, 2.75) is 13.8 Å². The van der Waals surface area contributed by atoms with E-state index in [0.717, 1.165) is 17.2 Å². The van der Waals surface area contributed by atoms with Gasteiger partial charge in [0.1, 0.15) is 11.5 Å². The molecule has 0 bridgehead atoms. The van der Waals surface area contributed by atoms with Crippen LogP contribution in [-0.2, 0) is 0 Å². The van der Waals surface area contributed by atoms with Crippen molar-refractivity contribution in [3.05, 3.63) is 30.9 Å². The van der Waals surface area contributed by atoms with Gasteiger partial charge in [-0.2, -0.15) is 0 Å². The summed E-state index contributed by atoms with van der Waals surface area (Å²) in [5, 5.41) is 3.22. The van der Waals surface area contributed by atoms with Crippen LogP contribution in [0.4, 0.5) is 5.69 Å². The Hall–Kier alpha value is -1.64. The van der Waals surface area contributed by atoms with Crippen LogP contribution in [0.15, 0.2) is 30.9 Å². The normalized spacial score (nSPS) is 9.62. The van der Waals surface area contributed by atoms with Crippen molar-refractivity contribution in [1.29, 1.82) is 0 Å². The maximum Gasteiger partial charge on any atom is 0.142 e. The Morgan fingerprint density at radius 1 is 1.25 bits per heavy atom. The van der Waals surface area contributed by atoms with Crippen LogP contribution >= 0.6 is 0 Å². The fourth-order valence-corrected chi connectivity index (χ4v) is 1.37. The first-order valence-electron chi connectivity index (χ1n) is 5.56. The maximum absolute atomic E-state index is 5.51. The highest BCUT2D eigenvalue weighted by Gasteiger charge is 2.04. The molecule has 3 heteroatoms. The molecule has 88 valence electrons. The maximum atomic E-state index is 5.51. The number of anilines is 1. The summed E-state index contributed by atoms with van der Waals surface area (Å²) in [6, 6.07) is 5.77. The fourth-order valence-electron chi connectivity index (χ4n) is 1.37. The zero-order valence-electron chi connectivity index (χ0n) is 9.95. The van der Waals surface area contributed by atoms with Crippen molar-refractivity contribution in [2.24, 2.45) is 0 Å². The van der Waals surface area contributed by atoms with Gasteiger partial charge in [0, 0.05) is 12.6 Å². The highest BCUT2D eigenvalue weighted by atomic mass is 16.5. The van der Waals surface area contributed by atoms with Crippen LogP contribution in [0.25, 0.3) is 0 Å². The smallest absolute Gasteiger partial charge is 0.142 e. The van der Waals surface area contributed by atoms with Crippen LogP contribution < -0.4 is 14.8 Å². The Morgan fingerprint density at radius 2 is 2.00 bits per heavy atom. The lowest BCUT2D eigenvalue weighted by Gasteiger charge is -2.13. The second-order valence-corrected chi connectivity index (χ2v) is 3.19. The second-order valence-electron chi connectivity index (χ2n) is 3.19. The van der Waals surface area contributed by atoms with Crippen molar-refractivity contribution in [2.75, 3.05) is 25.1 Å². The molecule has 0 unspecified atom stereocenters. The third-order valence-electron chi connectivity index (χ3n) is 2.00. The number of nitrogens with one attached hydrogen (secondary N) is 1. The Labute approximate surface area is 97.1 Å². The Balaban J connectivity index is 2.85. The van der Waals surface area contributed by atoms with Gasteiger partial charge in [-0.05, 0) is 26.0 Å². The predicted octanol–water partition coefficient (Wildman–Crippen LogP) is 3.08. The van der Waals surface area contributed by atoms with E-state index in [0.29, 0.717) is 19.8 Å². The quantitative estimate of drug-likeness (QED) is 0.718. The highest BCUT2D eigenvalue weighted by Crippen LogP contribution is 2.29. The molecule has 1 N–H and O–H groups in total. The number of hydrogen-bond donors (Lipinski definition) is 1. The monoisotopic (exact) mass is 221 g/mol. The molecule has 0 aliphatic heterocycles. The number of ether oxygens (including phenoxy) is 2. The minimum absolute atomic E-state index is 0.650. The van der Waals surface area contributed by atoms with Gasteiger partial charge in [-0.15, -0.1) is 6.58 Å². The molecule has 0 aromatic heterocycles. The molecule has 3 nitrogen and oxygen atoms in total. The molecule has 0 fully saturated rings. The van der Waals surface area contributed by atoms with Gasteiger partial charge in [-0.25, -0.2) is 0 Å². The van der Waals surface area contributed by atoms with E-state index in [1.807, 2.05) is 38.1 Å². The van der Waals surface area contributed by atoms with Crippen molar-refractivity contribution < 1.29 is 9.47 Å². The van der Waals surface area contributed by atoms with Crippen LogP contribution in [-0.4, -0.2) is 19.8 Å².